The van der Waals surface area contributed by atoms with Crippen LogP contribution in [0.5, 0.6) is 0 Å². The molecule has 0 spiro atoms. The van der Waals surface area contributed by atoms with E-state index in [0.29, 0.717) is 17.3 Å². The molecular formula is C19H31Cl2FN4O. The van der Waals surface area contributed by atoms with Crippen molar-refractivity contribution in [1.29, 1.82) is 0 Å². The summed E-state index contributed by atoms with van der Waals surface area (Å²) in [5.74, 6) is -0.489. The van der Waals surface area contributed by atoms with Gasteiger partial charge in [-0.1, -0.05) is 6.92 Å². The van der Waals surface area contributed by atoms with Gasteiger partial charge in [-0.2, -0.15) is 0 Å². The number of hydrogen-bond acceptors (Lipinski definition) is 4. The highest BCUT2D eigenvalue weighted by Crippen LogP contribution is 2.22. The van der Waals surface area contributed by atoms with E-state index in [0.717, 1.165) is 52.1 Å². The molecule has 1 amide bonds. The number of benzene rings is 1. The third-order valence-electron chi connectivity index (χ3n) is 5.33. The molecule has 2 N–H and O–H groups in total. The minimum absolute atomic E-state index is 0. The number of carbonyl (C=O) groups excluding carboxylic acids is 1. The second-order valence-electron chi connectivity index (χ2n) is 7.14. The highest BCUT2D eigenvalue weighted by molar-refractivity contribution is 5.94. The molecule has 0 aliphatic carbocycles. The van der Waals surface area contributed by atoms with E-state index in [-0.39, 0.29) is 42.6 Å². The standard InChI is InChI=1S/C19H29FN4O.2ClH/c1-3-23-8-10-24(11-9-23)18-5-4-15(13-17(18)20)19(25)22-16-6-7-21-14(2)12-16;;/h4-5,13-14,16,21H,3,6-12H2,1-2H3,(H,22,25);2*1H. The Bertz CT molecular complexity index is 611. The minimum Gasteiger partial charge on any atom is -0.367 e. The van der Waals surface area contributed by atoms with Gasteiger partial charge in [0, 0.05) is 43.8 Å². The Morgan fingerprint density at radius 1 is 1.26 bits per heavy atom. The van der Waals surface area contributed by atoms with Gasteiger partial charge in [0.25, 0.3) is 5.91 Å². The molecule has 5 nitrogen and oxygen atoms in total. The number of carbonyl (C=O) groups is 1. The lowest BCUT2D eigenvalue weighted by atomic mass is 10.00. The van der Waals surface area contributed by atoms with Gasteiger partial charge in [-0.3, -0.25) is 4.79 Å². The fourth-order valence-corrected chi connectivity index (χ4v) is 3.74. The van der Waals surface area contributed by atoms with E-state index in [9.17, 15) is 9.18 Å². The van der Waals surface area contributed by atoms with Crippen LogP contribution in [0.1, 0.15) is 37.0 Å². The van der Waals surface area contributed by atoms with Gasteiger partial charge in [0.15, 0.2) is 0 Å². The number of nitrogens with zero attached hydrogens (tertiary/aromatic N) is 2. The normalized spacial score (nSPS) is 23.1. The van der Waals surface area contributed by atoms with Crippen LogP contribution in [0.3, 0.4) is 0 Å². The molecule has 2 atom stereocenters. The molecule has 0 saturated carbocycles. The number of likely N-dealkylation sites (N-methyl/N-ethyl adjacent to an activating group) is 1. The number of rotatable bonds is 4. The van der Waals surface area contributed by atoms with E-state index >= 15 is 0 Å². The molecule has 0 bridgehead atoms. The lowest BCUT2D eigenvalue weighted by Gasteiger charge is -2.35. The van der Waals surface area contributed by atoms with Crippen molar-refractivity contribution in [3.63, 3.8) is 0 Å². The summed E-state index contributed by atoms with van der Waals surface area (Å²) in [5.41, 5.74) is 1.00. The van der Waals surface area contributed by atoms with Crippen LogP contribution in [-0.4, -0.2) is 62.2 Å². The van der Waals surface area contributed by atoms with Gasteiger partial charge >= 0.3 is 0 Å². The molecule has 2 aliphatic rings. The molecule has 8 heteroatoms. The Morgan fingerprint density at radius 2 is 1.96 bits per heavy atom. The van der Waals surface area contributed by atoms with Crippen molar-refractivity contribution in [1.82, 2.24) is 15.5 Å². The molecule has 154 valence electrons. The molecule has 2 saturated heterocycles. The summed E-state index contributed by atoms with van der Waals surface area (Å²) in [6, 6.07) is 5.43. The van der Waals surface area contributed by atoms with E-state index in [1.54, 1.807) is 12.1 Å². The van der Waals surface area contributed by atoms with Crippen molar-refractivity contribution >= 4 is 36.4 Å². The Labute approximate surface area is 173 Å². The van der Waals surface area contributed by atoms with Crippen LogP contribution < -0.4 is 15.5 Å². The van der Waals surface area contributed by atoms with Gasteiger partial charge in [-0.15, -0.1) is 24.8 Å². The molecule has 0 radical (unpaired) electrons. The average molecular weight is 421 g/mol. The summed E-state index contributed by atoms with van der Waals surface area (Å²) in [5, 5.41) is 6.40. The van der Waals surface area contributed by atoms with Crippen molar-refractivity contribution in [3.8, 4) is 0 Å². The highest BCUT2D eigenvalue weighted by Gasteiger charge is 2.22. The number of hydrogen-bond donors (Lipinski definition) is 2. The first-order valence-electron chi connectivity index (χ1n) is 9.38. The van der Waals surface area contributed by atoms with Crippen LogP contribution in [-0.2, 0) is 0 Å². The predicted molar refractivity (Wildman–Crippen MR) is 113 cm³/mol. The quantitative estimate of drug-likeness (QED) is 0.785. The van der Waals surface area contributed by atoms with Crippen LogP contribution in [0.4, 0.5) is 10.1 Å². The lowest BCUT2D eigenvalue weighted by Crippen LogP contribution is -2.47. The third kappa shape index (κ3) is 6.21. The molecule has 2 heterocycles. The second-order valence-corrected chi connectivity index (χ2v) is 7.14. The molecule has 2 fully saturated rings. The van der Waals surface area contributed by atoms with Crippen molar-refractivity contribution in [3.05, 3.63) is 29.6 Å². The number of halogens is 3. The number of amides is 1. The Kier molecular flexibility index (Phi) is 9.81. The molecule has 1 aromatic rings. The summed E-state index contributed by atoms with van der Waals surface area (Å²) >= 11 is 0. The summed E-state index contributed by atoms with van der Waals surface area (Å²) in [6.07, 6.45) is 1.83. The summed E-state index contributed by atoms with van der Waals surface area (Å²) in [4.78, 5) is 16.8. The maximum absolute atomic E-state index is 14.6. The first-order chi connectivity index (χ1) is 12.1. The fraction of sp³-hybridized carbons (Fsp3) is 0.632. The molecule has 2 aliphatic heterocycles. The summed E-state index contributed by atoms with van der Waals surface area (Å²) < 4.78 is 14.6. The predicted octanol–water partition coefficient (Wildman–Crippen LogP) is 2.68. The van der Waals surface area contributed by atoms with Crippen LogP contribution in [0, 0.1) is 5.82 Å². The van der Waals surface area contributed by atoms with E-state index in [4.69, 9.17) is 0 Å². The number of piperidine rings is 1. The fourth-order valence-electron chi connectivity index (χ4n) is 3.74. The zero-order valence-corrected chi connectivity index (χ0v) is 17.7. The topological polar surface area (TPSA) is 47.6 Å². The molecule has 1 aromatic carbocycles. The number of anilines is 1. The molecule has 27 heavy (non-hydrogen) atoms. The molecular weight excluding hydrogens is 390 g/mol. The Hall–Kier alpha value is -1.08. The maximum Gasteiger partial charge on any atom is 0.251 e. The zero-order valence-electron chi connectivity index (χ0n) is 16.0. The van der Waals surface area contributed by atoms with Gasteiger partial charge in [0.05, 0.1) is 5.69 Å². The SMILES string of the molecule is CCN1CCN(c2ccc(C(=O)NC3CCNC(C)C3)cc2F)CC1.Cl.Cl. The highest BCUT2D eigenvalue weighted by atomic mass is 35.5. The zero-order chi connectivity index (χ0) is 17.8. The lowest BCUT2D eigenvalue weighted by molar-refractivity contribution is 0.0925. The largest absolute Gasteiger partial charge is 0.367 e. The third-order valence-corrected chi connectivity index (χ3v) is 5.33. The maximum atomic E-state index is 14.6. The monoisotopic (exact) mass is 420 g/mol. The van der Waals surface area contributed by atoms with Crippen LogP contribution >= 0.6 is 24.8 Å². The van der Waals surface area contributed by atoms with E-state index in [1.165, 1.54) is 6.07 Å². The van der Waals surface area contributed by atoms with Crippen LogP contribution in [0.15, 0.2) is 18.2 Å². The van der Waals surface area contributed by atoms with E-state index < -0.39 is 0 Å². The van der Waals surface area contributed by atoms with Crippen molar-refractivity contribution in [2.24, 2.45) is 0 Å². The summed E-state index contributed by atoms with van der Waals surface area (Å²) in [7, 11) is 0. The number of piperazine rings is 1. The van der Waals surface area contributed by atoms with Gasteiger partial charge in [0.2, 0.25) is 0 Å². The summed E-state index contributed by atoms with van der Waals surface area (Å²) in [6.45, 7) is 9.75. The van der Waals surface area contributed by atoms with Gasteiger partial charge in [0.1, 0.15) is 5.82 Å². The van der Waals surface area contributed by atoms with Crippen molar-refractivity contribution in [2.45, 2.75) is 38.8 Å². The van der Waals surface area contributed by atoms with Crippen LogP contribution in [0.25, 0.3) is 0 Å². The average Bonchev–Trinajstić information content (AvgIpc) is 2.62. The van der Waals surface area contributed by atoms with Crippen LogP contribution in [0.2, 0.25) is 0 Å². The molecule has 3 rings (SSSR count). The van der Waals surface area contributed by atoms with Crippen molar-refractivity contribution in [2.75, 3.05) is 44.2 Å². The van der Waals surface area contributed by atoms with E-state index in [1.807, 2.05) is 0 Å². The molecule has 0 aromatic heterocycles. The molecule has 2 unspecified atom stereocenters. The number of nitrogens with one attached hydrogen (secondary N) is 2. The first-order valence-corrected chi connectivity index (χ1v) is 9.38. The second kappa shape index (κ2) is 11.1. The smallest absolute Gasteiger partial charge is 0.251 e. The van der Waals surface area contributed by atoms with E-state index in [2.05, 4.69) is 34.3 Å². The minimum atomic E-state index is -0.309. The Balaban J connectivity index is 0.00000182. The Morgan fingerprint density at radius 3 is 2.56 bits per heavy atom. The first kappa shape index (κ1) is 24.0. The van der Waals surface area contributed by atoms with Gasteiger partial charge in [-0.05, 0) is 51.1 Å². The van der Waals surface area contributed by atoms with Crippen molar-refractivity contribution < 1.29 is 9.18 Å². The van der Waals surface area contributed by atoms with Gasteiger partial charge < -0.3 is 20.4 Å². The van der Waals surface area contributed by atoms with Gasteiger partial charge in [-0.25, -0.2) is 4.39 Å².